The maximum Gasteiger partial charge on any atom is 0.274 e. The third-order valence-electron chi connectivity index (χ3n) is 4.00. The largest absolute Gasteiger partial charge is 0.394 e. The molecular formula is C15H17N3O2. The molecule has 0 bridgehead atoms. The minimum Gasteiger partial charge on any atom is -0.394 e. The van der Waals surface area contributed by atoms with Gasteiger partial charge in [-0.2, -0.15) is 0 Å². The Bertz CT molecular complexity index is 644. The van der Waals surface area contributed by atoms with E-state index < -0.39 is 0 Å². The summed E-state index contributed by atoms with van der Waals surface area (Å²) in [4.78, 5) is 22.9. The lowest BCUT2D eigenvalue weighted by atomic mass is 10.0. The number of hydrogen-bond donors (Lipinski definition) is 1. The summed E-state index contributed by atoms with van der Waals surface area (Å²) < 4.78 is 0. The first-order valence-electron chi connectivity index (χ1n) is 6.84. The van der Waals surface area contributed by atoms with Crippen LogP contribution in [0.25, 0.3) is 11.0 Å². The van der Waals surface area contributed by atoms with Crippen molar-refractivity contribution in [3.63, 3.8) is 0 Å². The van der Waals surface area contributed by atoms with Gasteiger partial charge in [-0.1, -0.05) is 19.1 Å². The van der Waals surface area contributed by atoms with Crippen molar-refractivity contribution in [1.29, 1.82) is 0 Å². The summed E-state index contributed by atoms with van der Waals surface area (Å²) in [6.45, 7) is 2.72. The molecule has 1 aliphatic rings. The average molecular weight is 271 g/mol. The van der Waals surface area contributed by atoms with Crippen molar-refractivity contribution in [2.45, 2.75) is 19.4 Å². The summed E-state index contributed by atoms with van der Waals surface area (Å²) in [6, 6.07) is 7.36. The van der Waals surface area contributed by atoms with E-state index >= 15 is 0 Å². The molecule has 1 saturated heterocycles. The smallest absolute Gasteiger partial charge is 0.274 e. The lowest BCUT2D eigenvalue weighted by Crippen LogP contribution is -2.40. The number of hydrogen-bond acceptors (Lipinski definition) is 4. The first kappa shape index (κ1) is 13.0. The lowest BCUT2D eigenvalue weighted by Gasteiger charge is -2.24. The Labute approximate surface area is 117 Å². The van der Waals surface area contributed by atoms with Crippen LogP contribution >= 0.6 is 0 Å². The van der Waals surface area contributed by atoms with Gasteiger partial charge in [0.1, 0.15) is 5.69 Å². The van der Waals surface area contributed by atoms with Gasteiger partial charge in [0.2, 0.25) is 0 Å². The predicted molar refractivity (Wildman–Crippen MR) is 75.2 cm³/mol. The van der Waals surface area contributed by atoms with E-state index in [-0.39, 0.29) is 18.6 Å². The summed E-state index contributed by atoms with van der Waals surface area (Å²) in [5.74, 6) is 0.170. The van der Waals surface area contributed by atoms with E-state index in [9.17, 15) is 9.90 Å². The summed E-state index contributed by atoms with van der Waals surface area (Å²) in [7, 11) is 0. The molecule has 2 heterocycles. The average Bonchev–Trinajstić information content (AvgIpc) is 2.86. The van der Waals surface area contributed by atoms with Gasteiger partial charge >= 0.3 is 0 Å². The van der Waals surface area contributed by atoms with E-state index in [1.807, 2.05) is 24.3 Å². The number of carbonyl (C=O) groups excluding carboxylic acids is 1. The predicted octanol–water partition coefficient (Wildman–Crippen LogP) is 1.47. The first-order chi connectivity index (χ1) is 9.70. The van der Waals surface area contributed by atoms with E-state index in [0.29, 0.717) is 23.7 Å². The molecule has 0 saturated carbocycles. The molecule has 3 rings (SSSR count). The Morgan fingerprint density at radius 3 is 2.90 bits per heavy atom. The van der Waals surface area contributed by atoms with Crippen molar-refractivity contribution in [3.8, 4) is 0 Å². The van der Waals surface area contributed by atoms with Crippen LogP contribution < -0.4 is 0 Å². The van der Waals surface area contributed by atoms with Crippen molar-refractivity contribution in [3.05, 3.63) is 36.2 Å². The fourth-order valence-electron chi connectivity index (χ4n) is 2.75. The Balaban J connectivity index is 1.92. The highest BCUT2D eigenvalue weighted by Crippen LogP contribution is 2.25. The van der Waals surface area contributed by atoms with Gasteiger partial charge in [0.15, 0.2) is 0 Å². The number of aliphatic hydroxyl groups is 1. The molecule has 5 heteroatoms. The van der Waals surface area contributed by atoms with E-state index in [1.54, 1.807) is 4.90 Å². The van der Waals surface area contributed by atoms with E-state index in [1.165, 1.54) is 6.20 Å². The number of benzene rings is 1. The molecular weight excluding hydrogens is 254 g/mol. The summed E-state index contributed by atoms with van der Waals surface area (Å²) in [5.41, 5.74) is 1.83. The number of aliphatic hydroxyl groups excluding tert-OH is 1. The maximum absolute atomic E-state index is 12.5. The molecule has 5 nitrogen and oxygen atoms in total. The van der Waals surface area contributed by atoms with E-state index in [0.717, 1.165) is 11.9 Å². The Kier molecular flexibility index (Phi) is 3.36. The number of para-hydroxylation sites is 2. The second-order valence-corrected chi connectivity index (χ2v) is 5.26. The topological polar surface area (TPSA) is 66.3 Å². The Morgan fingerprint density at radius 2 is 2.15 bits per heavy atom. The SMILES string of the molecule is CC1CCN(C(=O)c2cnc3ccccc3n2)C1CO. The van der Waals surface area contributed by atoms with Crippen LogP contribution in [0.4, 0.5) is 0 Å². The molecule has 0 aliphatic carbocycles. The lowest BCUT2D eigenvalue weighted by molar-refractivity contribution is 0.0642. The molecule has 1 aliphatic heterocycles. The van der Waals surface area contributed by atoms with Gasteiger partial charge in [0, 0.05) is 6.54 Å². The van der Waals surface area contributed by atoms with Crippen molar-refractivity contribution in [2.75, 3.05) is 13.2 Å². The molecule has 1 amide bonds. The second-order valence-electron chi connectivity index (χ2n) is 5.26. The third kappa shape index (κ3) is 2.14. The maximum atomic E-state index is 12.5. The zero-order chi connectivity index (χ0) is 14.1. The minimum atomic E-state index is -0.147. The standard InChI is InChI=1S/C15H17N3O2/c1-10-6-7-18(14(10)9-19)15(20)13-8-16-11-4-2-3-5-12(11)17-13/h2-5,8,10,14,19H,6-7,9H2,1H3. The second kappa shape index (κ2) is 5.17. The molecule has 1 aromatic carbocycles. The molecule has 0 radical (unpaired) electrons. The number of carbonyl (C=O) groups is 1. The van der Waals surface area contributed by atoms with Crippen molar-refractivity contribution in [2.24, 2.45) is 5.92 Å². The van der Waals surface area contributed by atoms with Crippen LogP contribution in [0, 0.1) is 5.92 Å². The van der Waals surface area contributed by atoms with Gasteiger partial charge in [0.05, 0.1) is 29.9 Å². The van der Waals surface area contributed by atoms with Gasteiger partial charge in [-0.3, -0.25) is 9.78 Å². The highest BCUT2D eigenvalue weighted by atomic mass is 16.3. The fourth-order valence-corrected chi connectivity index (χ4v) is 2.75. The Morgan fingerprint density at radius 1 is 1.40 bits per heavy atom. The van der Waals surface area contributed by atoms with E-state index in [2.05, 4.69) is 16.9 Å². The summed E-state index contributed by atoms with van der Waals surface area (Å²) in [5, 5.41) is 9.44. The van der Waals surface area contributed by atoms with Crippen LogP contribution in [-0.2, 0) is 0 Å². The zero-order valence-corrected chi connectivity index (χ0v) is 11.4. The number of nitrogens with zero attached hydrogens (tertiary/aromatic N) is 3. The van der Waals surface area contributed by atoms with Crippen LogP contribution in [0.3, 0.4) is 0 Å². The molecule has 2 aromatic rings. The number of amides is 1. The van der Waals surface area contributed by atoms with Gasteiger partial charge in [-0.05, 0) is 24.5 Å². The molecule has 1 fully saturated rings. The van der Waals surface area contributed by atoms with E-state index in [4.69, 9.17) is 0 Å². The van der Waals surface area contributed by atoms with Crippen molar-refractivity contribution >= 4 is 16.9 Å². The molecule has 1 aromatic heterocycles. The van der Waals surface area contributed by atoms with Crippen LogP contribution in [0.2, 0.25) is 0 Å². The van der Waals surface area contributed by atoms with Crippen molar-refractivity contribution < 1.29 is 9.90 Å². The number of fused-ring (bicyclic) bond motifs is 1. The molecule has 104 valence electrons. The van der Waals surface area contributed by atoms with Crippen LogP contribution in [-0.4, -0.2) is 45.1 Å². The van der Waals surface area contributed by atoms with Gasteiger partial charge in [-0.15, -0.1) is 0 Å². The van der Waals surface area contributed by atoms with Gasteiger partial charge in [0.25, 0.3) is 5.91 Å². The molecule has 1 N–H and O–H groups in total. The first-order valence-corrected chi connectivity index (χ1v) is 6.84. The number of rotatable bonds is 2. The summed E-state index contributed by atoms with van der Waals surface area (Å²) in [6.07, 6.45) is 2.43. The molecule has 2 atom stereocenters. The highest BCUT2D eigenvalue weighted by Gasteiger charge is 2.34. The third-order valence-corrected chi connectivity index (χ3v) is 4.00. The minimum absolute atomic E-state index is 0.00604. The van der Waals surface area contributed by atoms with Gasteiger partial charge in [-0.25, -0.2) is 4.98 Å². The number of likely N-dealkylation sites (tertiary alicyclic amines) is 1. The molecule has 2 unspecified atom stereocenters. The number of aromatic nitrogens is 2. The summed E-state index contributed by atoms with van der Waals surface area (Å²) >= 11 is 0. The van der Waals surface area contributed by atoms with Crippen LogP contribution in [0.1, 0.15) is 23.8 Å². The monoisotopic (exact) mass is 271 g/mol. The fraction of sp³-hybridized carbons (Fsp3) is 0.400. The normalized spacial score (nSPS) is 22.4. The quantitative estimate of drug-likeness (QED) is 0.898. The van der Waals surface area contributed by atoms with Crippen LogP contribution in [0.5, 0.6) is 0 Å². The van der Waals surface area contributed by atoms with Crippen LogP contribution in [0.15, 0.2) is 30.5 Å². The highest BCUT2D eigenvalue weighted by molar-refractivity contribution is 5.94. The van der Waals surface area contributed by atoms with Crippen molar-refractivity contribution in [1.82, 2.24) is 14.9 Å². The van der Waals surface area contributed by atoms with Gasteiger partial charge < -0.3 is 10.0 Å². The zero-order valence-electron chi connectivity index (χ0n) is 11.4. The molecule has 20 heavy (non-hydrogen) atoms. The molecule has 0 spiro atoms. The Hall–Kier alpha value is -2.01.